The predicted octanol–water partition coefficient (Wildman–Crippen LogP) is 6.47. The fourth-order valence-electron chi connectivity index (χ4n) is 5.04. The van der Waals surface area contributed by atoms with E-state index in [1.54, 1.807) is 28.9 Å². The van der Waals surface area contributed by atoms with Gasteiger partial charge in [0.25, 0.3) is 5.56 Å². The van der Waals surface area contributed by atoms with Crippen molar-refractivity contribution in [3.05, 3.63) is 130 Å². The zero-order valence-electron chi connectivity index (χ0n) is 22.1. The van der Waals surface area contributed by atoms with E-state index in [4.69, 9.17) is 16.6 Å². The molecule has 41 heavy (non-hydrogen) atoms. The van der Waals surface area contributed by atoms with Crippen LogP contribution in [-0.4, -0.2) is 28.9 Å². The summed E-state index contributed by atoms with van der Waals surface area (Å²) in [7, 11) is 0. The Morgan fingerprint density at radius 2 is 1.76 bits per heavy atom. The first-order chi connectivity index (χ1) is 20.0. The number of aromatic nitrogens is 6. The normalized spacial score (nSPS) is 11.5. The second kappa shape index (κ2) is 10.1. The number of rotatable bonds is 6. The maximum Gasteiger partial charge on any atom is 0.270 e. The molecule has 0 saturated heterocycles. The summed E-state index contributed by atoms with van der Waals surface area (Å²) in [4.78, 5) is 31.8. The van der Waals surface area contributed by atoms with E-state index in [1.165, 1.54) is 27.3 Å². The zero-order chi connectivity index (χ0) is 27.9. The van der Waals surface area contributed by atoms with Gasteiger partial charge in [-0.1, -0.05) is 53.6 Å². The number of hydrogen-bond acceptors (Lipinski definition) is 6. The number of aryl methyl sites for hydroxylation is 3. The largest absolute Gasteiger partial charge is 0.324 e. The van der Waals surface area contributed by atoms with Crippen LogP contribution in [-0.2, 0) is 12.8 Å². The van der Waals surface area contributed by atoms with Crippen molar-refractivity contribution in [1.29, 1.82) is 0 Å². The molecule has 1 N–H and O–H groups in total. The lowest BCUT2D eigenvalue weighted by molar-refractivity contribution is 0.922. The van der Waals surface area contributed by atoms with Gasteiger partial charge in [-0.3, -0.25) is 14.2 Å². The minimum absolute atomic E-state index is 0.293. The van der Waals surface area contributed by atoms with Crippen LogP contribution in [0.4, 0.5) is 11.6 Å². The molecule has 4 aromatic heterocycles. The smallest absolute Gasteiger partial charge is 0.270 e. The Morgan fingerprint density at radius 3 is 2.61 bits per heavy atom. The summed E-state index contributed by atoms with van der Waals surface area (Å²) in [5.41, 5.74) is 6.11. The van der Waals surface area contributed by atoms with Crippen molar-refractivity contribution in [2.75, 3.05) is 5.32 Å². The van der Waals surface area contributed by atoms with E-state index >= 15 is 0 Å². The third-order valence-electron chi connectivity index (χ3n) is 7.13. The highest BCUT2D eigenvalue weighted by Crippen LogP contribution is 2.23. The first-order valence-electron chi connectivity index (χ1n) is 13.3. The highest BCUT2D eigenvalue weighted by atomic mass is 35.5. The van der Waals surface area contributed by atoms with Gasteiger partial charge in [0.15, 0.2) is 5.65 Å². The van der Waals surface area contributed by atoms with Crippen LogP contribution >= 0.6 is 11.6 Å². The number of nitrogens with zero attached hydrogens (tertiary/aromatic N) is 6. The Morgan fingerprint density at radius 1 is 0.902 bits per heavy atom. The molecule has 0 aliphatic carbocycles. The van der Waals surface area contributed by atoms with Crippen molar-refractivity contribution < 1.29 is 0 Å². The van der Waals surface area contributed by atoms with E-state index in [1.807, 2.05) is 24.3 Å². The first kappa shape index (κ1) is 24.9. The predicted molar refractivity (Wildman–Crippen MR) is 163 cm³/mol. The highest BCUT2D eigenvalue weighted by molar-refractivity contribution is 6.32. The SMILES string of the molecule is Cc1ccc2nc(CCc3ccc(Nc4ncc5c(=O)n(-c6ccccc6Cl)c6nccn6c5n4)cc3)ccc2c1. The number of imidazole rings is 1. The second-order valence-corrected chi connectivity index (χ2v) is 10.3. The number of pyridine rings is 1. The Hall–Kier alpha value is -5.08. The van der Waals surface area contributed by atoms with Crippen molar-refractivity contribution in [2.45, 2.75) is 19.8 Å². The summed E-state index contributed by atoms with van der Waals surface area (Å²) >= 11 is 6.41. The molecule has 3 aromatic carbocycles. The van der Waals surface area contributed by atoms with Crippen molar-refractivity contribution in [2.24, 2.45) is 0 Å². The molecule has 8 nitrogen and oxygen atoms in total. The van der Waals surface area contributed by atoms with Crippen LogP contribution in [0.5, 0.6) is 0 Å². The standard InChI is InChI=1S/C32H24ClN7O/c1-20-6-15-27-22(18-20)10-14-23(36-27)11-7-21-8-12-24(13-9-21)37-31-35-19-25-29(38-31)39-17-16-34-32(39)40(30(25)41)28-5-3-2-4-26(28)33/h2-6,8-10,12-19H,7,11H2,1H3,(H,35,37,38). The van der Waals surface area contributed by atoms with E-state index < -0.39 is 0 Å². The van der Waals surface area contributed by atoms with Crippen LogP contribution in [0, 0.1) is 6.92 Å². The van der Waals surface area contributed by atoms with Gasteiger partial charge in [-0.25, -0.2) is 14.5 Å². The van der Waals surface area contributed by atoms with Gasteiger partial charge >= 0.3 is 0 Å². The molecule has 0 unspecified atom stereocenters. The minimum Gasteiger partial charge on any atom is -0.324 e. The quantitative estimate of drug-likeness (QED) is 0.252. The molecule has 0 spiro atoms. The minimum atomic E-state index is -0.293. The molecule has 0 aliphatic rings. The Bertz CT molecular complexity index is 2130. The third kappa shape index (κ3) is 4.68. The van der Waals surface area contributed by atoms with Crippen molar-refractivity contribution in [3.8, 4) is 5.69 Å². The summed E-state index contributed by atoms with van der Waals surface area (Å²) in [5, 5.41) is 5.23. The molecule has 9 heteroatoms. The molecule has 0 radical (unpaired) electrons. The van der Waals surface area contributed by atoms with Crippen LogP contribution in [0.3, 0.4) is 0 Å². The molecule has 200 valence electrons. The molecule has 7 aromatic rings. The van der Waals surface area contributed by atoms with E-state index in [0.717, 1.165) is 29.7 Å². The molecule has 0 amide bonds. The van der Waals surface area contributed by atoms with Crippen LogP contribution in [0.15, 0.2) is 102 Å². The summed E-state index contributed by atoms with van der Waals surface area (Å²) in [5.74, 6) is 0.798. The molecule has 0 atom stereocenters. The Balaban J connectivity index is 1.12. The molecular weight excluding hydrogens is 534 g/mol. The van der Waals surface area contributed by atoms with Crippen molar-refractivity contribution in [3.63, 3.8) is 0 Å². The number of hydrogen-bond donors (Lipinski definition) is 1. The highest BCUT2D eigenvalue weighted by Gasteiger charge is 2.17. The first-order valence-corrected chi connectivity index (χ1v) is 13.6. The summed E-state index contributed by atoms with van der Waals surface area (Å²) < 4.78 is 3.24. The van der Waals surface area contributed by atoms with Gasteiger partial charge in [-0.15, -0.1) is 0 Å². The van der Waals surface area contributed by atoms with E-state index in [9.17, 15) is 4.79 Å². The fourth-order valence-corrected chi connectivity index (χ4v) is 5.26. The summed E-state index contributed by atoms with van der Waals surface area (Å²) in [6, 6.07) is 25.9. The number of para-hydroxylation sites is 1. The van der Waals surface area contributed by atoms with Gasteiger partial charge in [0.05, 0.1) is 16.2 Å². The molecular formula is C32H24ClN7O. The average Bonchev–Trinajstić information content (AvgIpc) is 3.48. The van der Waals surface area contributed by atoms with E-state index in [2.05, 4.69) is 69.7 Å². The lowest BCUT2D eigenvalue weighted by Crippen LogP contribution is -2.22. The molecule has 4 heterocycles. The van der Waals surface area contributed by atoms with Gasteiger partial charge < -0.3 is 5.32 Å². The lowest BCUT2D eigenvalue weighted by Gasteiger charge is -2.12. The van der Waals surface area contributed by atoms with Crippen molar-refractivity contribution in [1.82, 2.24) is 28.9 Å². The van der Waals surface area contributed by atoms with Gasteiger partial charge in [0.2, 0.25) is 11.7 Å². The van der Waals surface area contributed by atoms with Crippen LogP contribution in [0.1, 0.15) is 16.8 Å². The zero-order valence-corrected chi connectivity index (χ0v) is 22.9. The number of anilines is 2. The number of benzene rings is 3. The van der Waals surface area contributed by atoms with Gasteiger partial charge in [0.1, 0.15) is 5.39 Å². The number of nitrogens with one attached hydrogen (secondary N) is 1. The molecule has 0 saturated carbocycles. The maximum absolute atomic E-state index is 13.5. The van der Waals surface area contributed by atoms with E-state index in [0.29, 0.717) is 33.5 Å². The Labute approximate surface area is 240 Å². The van der Waals surface area contributed by atoms with Crippen LogP contribution < -0.4 is 10.9 Å². The summed E-state index contributed by atoms with van der Waals surface area (Å²) in [6.45, 7) is 2.09. The summed E-state index contributed by atoms with van der Waals surface area (Å²) in [6.07, 6.45) is 6.67. The number of fused-ring (bicyclic) bond motifs is 4. The van der Waals surface area contributed by atoms with E-state index in [-0.39, 0.29) is 5.56 Å². The van der Waals surface area contributed by atoms with Gasteiger partial charge in [0, 0.05) is 35.4 Å². The van der Waals surface area contributed by atoms with Crippen molar-refractivity contribution >= 4 is 51.0 Å². The monoisotopic (exact) mass is 557 g/mol. The fraction of sp³-hybridized carbons (Fsp3) is 0.0938. The lowest BCUT2D eigenvalue weighted by atomic mass is 10.1. The molecule has 0 aliphatic heterocycles. The van der Waals surface area contributed by atoms with Crippen LogP contribution in [0.2, 0.25) is 5.02 Å². The second-order valence-electron chi connectivity index (χ2n) is 9.94. The van der Waals surface area contributed by atoms with Gasteiger partial charge in [-0.05, 0) is 67.8 Å². The molecule has 7 rings (SSSR count). The topological polar surface area (TPSA) is 90.0 Å². The average molecular weight is 558 g/mol. The number of halogens is 1. The third-order valence-corrected chi connectivity index (χ3v) is 7.45. The molecule has 0 fully saturated rings. The van der Waals surface area contributed by atoms with Gasteiger partial charge in [-0.2, -0.15) is 4.98 Å². The van der Waals surface area contributed by atoms with Crippen LogP contribution in [0.25, 0.3) is 33.4 Å². The Kier molecular flexibility index (Phi) is 6.17. The maximum atomic E-state index is 13.5. The molecule has 0 bridgehead atoms.